The summed E-state index contributed by atoms with van der Waals surface area (Å²) in [7, 11) is -8.05. The van der Waals surface area contributed by atoms with Gasteiger partial charge < -0.3 is 26.1 Å². The molecule has 5 rings (SSSR count). The van der Waals surface area contributed by atoms with Crippen LogP contribution in [0.2, 0.25) is 0 Å². The number of aromatic hydroxyl groups is 1. The number of rotatable bonds is 13. The van der Waals surface area contributed by atoms with E-state index in [9.17, 15) is 49.7 Å². The van der Waals surface area contributed by atoms with Gasteiger partial charge in [-0.25, -0.2) is 20.0 Å². The topological polar surface area (TPSA) is 319 Å². The van der Waals surface area contributed by atoms with Crippen molar-refractivity contribution < 1.29 is 81.4 Å². The van der Waals surface area contributed by atoms with Crippen molar-refractivity contribution in [1.29, 1.82) is 0 Å². The predicted octanol–water partition coefficient (Wildman–Crippen LogP) is 7.82. The van der Waals surface area contributed by atoms with Gasteiger partial charge in [-0.1, -0.05) is 23.2 Å². The molecular weight excluding hydrogens is 900 g/mol. The number of hydrogen-bond acceptors (Lipinski definition) is 17. The summed E-state index contributed by atoms with van der Waals surface area (Å²) in [4.78, 5) is 16.5. The molecular formula is C32H28CuF2N9O12S3. The van der Waals surface area contributed by atoms with Gasteiger partial charge in [-0.2, -0.15) is 31.5 Å². The third-order valence-electron chi connectivity index (χ3n) is 6.56. The fraction of sp³-hybridized carbons (Fsp3) is 0.0625. The average molecular weight is 928 g/mol. The molecule has 0 aliphatic carbocycles. The molecule has 0 bridgehead atoms. The number of hydrogen-bond donors (Lipinski definition) is 6. The van der Waals surface area contributed by atoms with E-state index in [1.165, 1.54) is 42.6 Å². The van der Waals surface area contributed by atoms with Gasteiger partial charge in [0.25, 0.3) is 20.2 Å². The van der Waals surface area contributed by atoms with E-state index < -0.39 is 59.2 Å². The summed E-state index contributed by atoms with van der Waals surface area (Å²) in [5, 5.41) is 54.9. The van der Waals surface area contributed by atoms with Crippen LogP contribution in [0.15, 0.2) is 138 Å². The number of aromatic carboxylic acids is 1. The van der Waals surface area contributed by atoms with Crippen LogP contribution >= 0.6 is 12.0 Å². The van der Waals surface area contributed by atoms with Gasteiger partial charge in [0.2, 0.25) is 5.95 Å². The van der Waals surface area contributed by atoms with E-state index in [0.29, 0.717) is 37.0 Å². The Labute approximate surface area is 348 Å². The van der Waals surface area contributed by atoms with Crippen molar-refractivity contribution in [3.63, 3.8) is 0 Å². The Morgan fingerprint density at radius 1 is 0.898 bits per heavy atom. The number of nitrogens with one attached hydrogen (secondary N) is 1. The minimum absolute atomic E-state index is 0. The van der Waals surface area contributed by atoms with Crippen molar-refractivity contribution >= 4 is 72.5 Å². The van der Waals surface area contributed by atoms with E-state index in [1.54, 1.807) is 37.4 Å². The maximum absolute atomic E-state index is 11.9. The van der Waals surface area contributed by atoms with Crippen LogP contribution in [0.1, 0.15) is 15.9 Å². The average Bonchev–Trinajstić information content (AvgIpc) is 3.20. The Morgan fingerprint density at radius 2 is 1.59 bits per heavy atom. The molecule has 0 aliphatic heterocycles. The van der Waals surface area contributed by atoms with Crippen molar-refractivity contribution in [2.75, 3.05) is 19.5 Å². The summed E-state index contributed by atoms with van der Waals surface area (Å²) in [6, 6.07) is 18.7. The van der Waals surface area contributed by atoms with Crippen molar-refractivity contribution in [1.82, 2.24) is 9.97 Å². The third-order valence-corrected chi connectivity index (χ3v) is 8.83. The number of benzene rings is 4. The third kappa shape index (κ3) is 15.4. The van der Waals surface area contributed by atoms with Gasteiger partial charge in [0.05, 0.1) is 35.5 Å². The van der Waals surface area contributed by atoms with Crippen molar-refractivity contribution in [3.05, 3.63) is 120 Å². The maximum Gasteiger partial charge on any atom is 1.00 e. The Hall–Kier alpha value is -5.87. The molecule has 4 aromatic carbocycles. The number of aromatic nitrogens is 2. The molecule has 1 heterocycles. The molecule has 0 unspecified atom stereocenters. The van der Waals surface area contributed by atoms with Gasteiger partial charge in [0.15, 0.2) is 11.6 Å². The molecule has 21 nitrogen and oxygen atoms in total. The molecule has 1 aromatic heterocycles. The van der Waals surface area contributed by atoms with Crippen LogP contribution in [0.3, 0.4) is 0 Å². The number of carboxylic acids is 1. The summed E-state index contributed by atoms with van der Waals surface area (Å²) in [5.41, 5.74) is 4.26. The number of halogens is 2. The number of amidine groups is 1. The zero-order chi connectivity index (χ0) is 42.9. The van der Waals surface area contributed by atoms with Gasteiger partial charge in [-0.3, -0.25) is 13.5 Å². The van der Waals surface area contributed by atoms with Crippen LogP contribution in [-0.4, -0.2) is 77.4 Å². The number of nitrogens with zero attached hydrogens (tertiary/aromatic N) is 8. The van der Waals surface area contributed by atoms with Crippen LogP contribution in [-0.2, 0) is 46.7 Å². The first-order valence-corrected chi connectivity index (χ1v) is 18.8. The van der Waals surface area contributed by atoms with Crippen LogP contribution in [0.4, 0.5) is 37.2 Å². The largest absolute Gasteiger partial charge is 1.00 e. The molecule has 0 fully saturated rings. The first-order chi connectivity index (χ1) is 27.6. The number of anilines is 1. The second kappa shape index (κ2) is 23.5. The minimum atomic E-state index is -5.23. The Bertz CT molecular complexity index is 2510. The summed E-state index contributed by atoms with van der Waals surface area (Å²) in [5.74, 6) is -3.56. The standard InChI is InChI=1S/C27H23N7O12S3.C4H3FN2.CH3F.Cu/c1-28-16-5-7-17(8-6-16)29-30-18-4-2-3-15(11-18)26(33-31-22-10-9-19(47-46-45-38)12-21(22)27(36)37)34-32-23-13-20(48(39,40)41)14-24(25(23)35)49(42,43)44;5-4-1-2-6-3-7-4;1-2;/h2-14H,1H3,(H7,28,29,30,31,32,33,34,35,36,37,38,39,40,41,42,43,44);1-3H;1H3;/q;;;+1/p-1. The molecule has 0 spiro atoms. The Kier molecular flexibility index (Phi) is 19.6. The first-order valence-electron chi connectivity index (χ1n) is 15.2. The SMILES string of the molecule is CF.CNc1ccc(N=Nc2cccc(C(N=Nc3cc(S(=O)(=O)O)cc(S(=O)(=O)O)c3O)=N[N-]c3ccc(SOOO)cc3C(=O)O)c2)cc1.Fc1ccncn1.[Cu+]. The van der Waals surface area contributed by atoms with Gasteiger partial charge in [-0.15, -0.1) is 20.2 Å². The number of azo groups is 2. The number of phenols is 1. The van der Waals surface area contributed by atoms with Gasteiger partial charge in [0.1, 0.15) is 16.9 Å². The fourth-order valence-corrected chi connectivity index (χ4v) is 5.63. The molecule has 6 N–H and O–H groups in total. The zero-order valence-corrected chi connectivity index (χ0v) is 33.1. The van der Waals surface area contributed by atoms with Crippen molar-refractivity contribution in [2.45, 2.75) is 14.7 Å². The Balaban J connectivity index is 0.00000107. The van der Waals surface area contributed by atoms with Gasteiger partial charge in [-0.05, 0) is 60.7 Å². The second-order valence-corrected chi connectivity index (χ2v) is 13.8. The van der Waals surface area contributed by atoms with Crippen LogP contribution in [0.5, 0.6) is 5.75 Å². The normalized spacial score (nSPS) is 11.5. The van der Waals surface area contributed by atoms with E-state index in [2.05, 4.69) is 55.6 Å². The van der Waals surface area contributed by atoms with E-state index in [1.807, 2.05) is 0 Å². The Morgan fingerprint density at radius 3 is 2.15 bits per heavy atom. The minimum Gasteiger partial charge on any atom is -0.573 e. The smallest absolute Gasteiger partial charge is 0.573 e. The quantitative estimate of drug-likeness (QED) is 0.00754. The molecule has 0 radical (unpaired) electrons. The van der Waals surface area contributed by atoms with Crippen LogP contribution in [0, 0.1) is 5.95 Å². The predicted molar refractivity (Wildman–Crippen MR) is 201 cm³/mol. The zero-order valence-electron chi connectivity index (χ0n) is 29.7. The number of phenolic OH excluding ortho intramolecular Hbond substituents is 1. The summed E-state index contributed by atoms with van der Waals surface area (Å²) in [6.45, 7) is 0. The molecule has 5 aromatic rings. The van der Waals surface area contributed by atoms with E-state index in [0.717, 1.165) is 18.1 Å². The van der Waals surface area contributed by atoms with Crippen LogP contribution in [0.25, 0.3) is 5.43 Å². The molecule has 59 heavy (non-hydrogen) atoms. The van der Waals surface area contributed by atoms with E-state index >= 15 is 0 Å². The first kappa shape index (κ1) is 49.3. The number of alkyl halides is 1. The van der Waals surface area contributed by atoms with Gasteiger partial charge >= 0.3 is 23.0 Å². The van der Waals surface area contributed by atoms with E-state index in [-0.39, 0.29) is 44.5 Å². The summed E-state index contributed by atoms with van der Waals surface area (Å²) < 4.78 is 91.8. The molecule has 0 aliphatic rings. The molecule has 0 saturated heterocycles. The molecule has 316 valence electrons. The molecule has 0 atom stereocenters. The summed E-state index contributed by atoms with van der Waals surface area (Å²) in [6.07, 6.45) is 2.51. The molecule has 0 amide bonds. The van der Waals surface area contributed by atoms with E-state index in [4.69, 9.17) is 5.26 Å². The summed E-state index contributed by atoms with van der Waals surface area (Å²) >= 11 is 0.487. The number of carboxylic acid groups (broad SMARTS) is 1. The van der Waals surface area contributed by atoms with Gasteiger partial charge in [0, 0.05) is 41.0 Å². The molecule has 0 saturated carbocycles. The fourth-order valence-electron chi connectivity index (χ4n) is 4.00. The molecule has 27 heteroatoms. The monoisotopic (exact) mass is 927 g/mol. The van der Waals surface area contributed by atoms with Crippen molar-refractivity contribution in [2.24, 2.45) is 25.6 Å². The van der Waals surface area contributed by atoms with Crippen LogP contribution < -0.4 is 5.32 Å². The second-order valence-electron chi connectivity index (χ2n) is 10.3. The van der Waals surface area contributed by atoms with Crippen molar-refractivity contribution in [3.8, 4) is 5.75 Å². The maximum atomic E-state index is 11.9. The number of carbonyl (C=O) groups is 1.